The molecule has 3 aromatic heterocycles. The predicted octanol–water partition coefficient (Wildman–Crippen LogP) is 3.76. The van der Waals surface area contributed by atoms with Crippen molar-refractivity contribution >= 4 is 54.6 Å². The topological polar surface area (TPSA) is 51.8 Å². The Bertz CT molecular complexity index is 659. The largest absolute Gasteiger partial charge is 0.383 e. The quantitative estimate of drug-likeness (QED) is 0.744. The fourth-order valence-corrected chi connectivity index (χ4v) is 3.55. The molecule has 0 saturated carbocycles. The molecular weight excluding hydrogens is 306 g/mol. The summed E-state index contributed by atoms with van der Waals surface area (Å²) < 4.78 is 1.04. The van der Waals surface area contributed by atoms with Crippen molar-refractivity contribution in [2.45, 2.75) is 0 Å². The Morgan fingerprint density at radius 2 is 2.12 bits per heavy atom. The third kappa shape index (κ3) is 1.63. The molecule has 2 N–H and O–H groups in total. The first-order chi connectivity index (χ1) is 7.74. The van der Waals surface area contributed by atoms with Crippen LogP contribution in [-0.2, 0) is 0 Å². The molecule has 0 atom stereocenters. The predicted molar refractivity (Wildman–Crippen MR) is 72.8 cm³/mol. The van der Waals surface area contributed by atoms with E-state index in [1.54, 1.807) is 22.7 Å². The van der Waals surface area contributed by atoms with Crippen LogP contribution in [0.2, 0.25) is 0 Å². The summed E-state index contributed by atoms with van der Waals surface area (Å²) in [6.07, 6.45) is 0. The summed E-state index contributed by atoms with van der Waals surface area (Å²) in [4.78, 5) is 10.8. The number of nitrogens with two attached hydrogens (primary N) is 1. The van der Waals surface area contributed by atoms with E-state index in [1.165, 1.54) is 0 Å². The number of hydrogen-bond donors (Lipinski definition) is 1. The lowest BCUT2D eigenvalue weighted by atomic mass is 10.3. The maximum atomic E-state index is 5.89. The summed E-state index contributed by atoms with van der Waals surface area (Å²) in [5.41, 5.74) is 5.89. The van der Waals surface area contributed by atoms with E-state index in [4.69, 9.17) is 5.73 Å². The van der Waals surface area contributed by atoms with Crippen molar-refractivity contribution in [2.75, 3.05) is 5.73 Å². The van der Waals surface area contributed by atoms with Crippen molar-refractivity contribution in [1.29, 1.82) is 0 Å². The number of hydrogen-bond acceptors (Lipinski definition) is 5. The van der Waals surface area contributed by atoms with Crippen LogP contribution in [0.4, 0.5) is 5.82 Å². The molecule has 0 saturated heterocycles. The zero-order valence-corrected chi connectivity index (χ0v) is 11.2. The highest BCUT2D eigenvalue weighted by atomic mass is 79.9. The van der Waals surface area contributed by atoms with Gasteiger partial charge in [-0.05, 0) is 33.4 Å². The van der Waals surface area contributed by atoms with Gasteiger partial charge in [-0.15, -0.1) is 22.7 Å². The molecule has 0 aliphatic rings. The first-order valence-electron chi connectivity index (χ1n) is 4.49. The SMILES string of the molecule is Nc1nc(-c2cc(Br)cs2)nc2sccc12. The van der Waals surface area contributed by atoms with Crippen LogP contribution in [0, 0.1) is 0 Å². The van der Waals surface area contributed by atoms with E-state index in [2.05, 4.69) is 25.9 Å². The fourth-order valence-electron chi connectivity index (χ4n) is 1.42. The van der Waals surface area contributed by atoms with Gasteiger partial charge in [0.1, 0.15) is 10.6 Å². The third-order valence-corrected chi connectivity index (χ3v) is 4.64. The molecule has 0 aliphatic heterocycles. The number of anilines is 1. The molecule has 80 valence electrons. The van der Waals surface area contributed by atoms with Crippen LogP contribution in [0.1, 0.15) is 0 Å². The molecule has 3 aromatic rings. The zero-order valence-electron chi connectivity index (χ0n) is 7.98. The van der Waals surface area contributed by atoms with Gasteiger partial charge in [-0.3, -0.25) is 0 Å². The Morgan fingerprint density at radius 1 is 1.25 bits per heavy atom. The second-order valence-electron chi connectivity index (χ2n) is 3.20. The fraction of sp³-hybridized carbons (Fsp3) is 0. The van der Waals surface area contributed by atoms with Crippen LogP contribution in [-0.4, -0.2) is 9.97 Å². The number of halogens is 1. The maximum Gasteiger partial charge on any atom is 0.173 e. The molecule has 0 aromatic carbocycles. The highest BCUT2D eigenvalue weighted by molar-refractivity contribution is 9.10. The summed E-state index contributed by atoms with van der Waals surface area (Å²) >= 11 is 6.60. The summed E-state index contributed by atoms with van der Waals surface area (Å²) in [5, 5.41) is 4.92. The van der Waals surface area contributed by atoms with Gasteiger partial charge in [0, 0.05) is 9.85 Å². The molecule has 0 amide bonds. The van der Waals surface area contributed by atoms with Gasteiger partial charge < -0.3 is 5.73 Å². The van der Waals surface area contributed by atoms with Gasteiger partial charge in [-0.25, -0.2) is 9.97 Å². The lowest BCUT2D eigenvalue weighted by molar-refractivity contribution is 1.26. The highest BCUT2D eigenvalue weighted by Crippen LogP contribution is 2.31. The van der Waals surface area contributed by atoms with E-state index >= 15 is 0 Å². The Kier molecular flexibility index (Phi) is 2.42. The summed E-state index contributed by atoms with van der Waals surface area (Å²) in [7, 11) is 0. The van der Waals surface area contributed by atoms with E-state index in [1.807, 2.05) is 22.9 Å². The lowest BCUT2D eigenvalue weighted by Crippen LogP contribution is -1.94. The molecule has 3 heterocycles. The molecule has 0 spiro atoms. The van der Waals surface area contributed by atoms with Gasteiger partial charge in [-0.1, -0.05) is 0 Å². The van der Waals surface area contributed by atoms with Crippen molar-refractivity contribution in [3.8, 4) is 10.7 Å². The molecule has 0 bridgehead atoms. The lowest BCUT2D eigenvalue weighted by Gasteiger charge is -1.99. The molecule has 16 heavy (non-hydrogen) atoms. The Morgan fingerprint density at radius 3 is 2.88 bits per heavy atom. The third-order valence-electron chi connectivity index (χ3n) is 2.14. The smallest absolute Gasteiger partial charge is 0.173 e. The molecule has 0 unspecified atom stereocenters. The van der Waals surface area contributed by atoms with Gasteiger partial charge in [-0.2, -0.15) is 0 Å². The standard InChI is InChI=1S/C10H6BrN3S2/c11-5-3-7(16-4-5)9-13-8(12)6-1-2-15-10(6)14-9/h1-4H,(H2,12,13,14). The molecule has 6 heteroatoms. The van der Waals surface area contributed by atoms with E-state index in [-0.39, 0.29) is 0 Å². The minimum Gasteiger partial charge on any atom is -0.383 e. The Balaban J connectivity index is 2.24. The molecule has 0 fully saturated rings. The summed E-state index contributed by atoms with van der Waals surface area (Å²) in [6, 6.07) is 3.95. The second-order valence-corrected chi connectivity index (χ2v) is 5.92. The van der Waals surface area contributed by atoms with Crippen LogP contribution < -0.4 is 5.73 Å². The molecule has 3 rings (SSSR count). The van der Waals surface area contributed by atoms with Gasteiger partial charge in [0.15, 0.2) is 5.82 Å². The van der Waals surface area contributed by atoms with Crippen LogP contribution in [0.15, 0.2) is 27.4 Å². The Labute approximate surface area is 108 Å². The number of nitrogens with zero attached hydrogens (tertiary/aromatic N) is 2. The van der Waals surface area contributed by atoms with Gasteiger partial charge in [0.25, 0.3) is 0 Å². The normalized spacial score (nSPS) is 11.1. The monoisotopic (exact) mass is 311 g/mol. The van der Waals surface area contributed by atoms with Crippen molar-refractivity contribution < 1.29 is 0 Å². The van der Waals surface area contributed by atoms with E-state index in [9.17, 15) is 0 Å². The van der Waals surface area contributed by atoms with E-state index < -0.39 is 0 Å². The minimum atomic E-state index is 0.547. The van der Waals surface area contributed by atoms with Gasteiger partial charge >= 0.3 is 0 Å². The number of fused-ring (bicyclic) bond motifs is 1. The molecular formula is C10H6BrN3S2. The first-order valence-corrected chi connectivity index (χ1v) is 7.04. The maximum absolute atomic E-state index is 5.89. The van der Waals surface area contributed by atoms with Crippen molar-refractivity contribution in [3.05, 3.63) is 27.4 Å². The highest BCUT2D eigenvalue weighted by Gasteiger charge is 2.09. The van der Waals surface area contributed by atoms with Crippen molar-refractivity contribution in [1.82, 2.24) is 9.97 Å². The zero-order chi connectivity index (χ0) is 11.1. The van der Waals surface area contributed by atoms with Crippen molar-refractivity contribution in [2.24, 2.45) is 0 Å². The van der Waals surface area contributed by atoms with Gasteiger partial charge in [0.2, 0.25) is 0 Å². The summed E-state index contributed by atoms with van der Waals surface area (Å²) in [5.74, 6) is 1.24. The summed E-state index contributed by atoms with van der Waals surface area (Å²) in [6.45, 7) is 0. The molecule has 0 aliphatic carbocycles. The molecule has 3 nitrogen and oxygen atoms in total. The van der Waals surface area contributed by atoms with E-state index in [0.29, 0.717) is 11.6 Å². The van der Waals surface area contributed by atoms with Crippen LogP contribution >= 0.6 is 38.6 Å². The van der Waals surface area contributed by atoms with Crippen LogP contribution in [0.3, 0.4) is 0 Å². The number of aromatic nitrogens is 2. The average molecular weight is 312 g/mol. The number of rotatable bonds is 1. The minimum absolute atomic E-state index is 0.547. The first kappa shape index (κ1) is 10.2. The second kappa shape index (κ2) is 3.80. The Hall–Kier alpha value is -0.980. The molecule has 0 radical (unpaired) electrons. The van der Waals surface area contributed by atoms with Gasteiger partial charge in [0.05, 0.1) is 10.3 Å². The van der Waals surface area contributed by atoms with Crippen LogP contribution in [0.25, 0.3) is 20.9 Å². The number of nitrogen functional groups attached to an aromatic ring is 1. The van der Waals surface area contributed by atoms with Crippen molar-refractivity contribution in [3.63, 3.8) is 0 Å². The van der Waals surface area contributed by atoms with Crippen LogP contribution in [0.5, 0.6) is 0 Å². The average Bonchev–Trinajstić information content (AvgIpc) is 2.85. The number of thiophene rings is 2. The van der Waals surface area contributed by atoms with E-state index in [0.717, 1.165) is 19.6 Å².